The summed E-state index contributed by atoms with van der Waals surface area (Å²) in [6.07, 6.45) is 0. The molecule has 0 aliphatic carbocycles. The zero-order valence-electron chi connectivity index (χ0n) is 11.7. The Morgan fingerprint density at radius 2 is 1.47 bits per heavy atom. The van der Waals surface area contributed by atoms with Gasteiger partial charge in [0, 0.05) is 11.1 Å². The number of aromatic nitrogens is 1. The van der Waals surface area contributed by atoms with Gasteiger partial charge in [0.05, 0.1) is 5.52 Å². The van der Waals surface area contributed by atoms with E-state index in [1.807, 2.05) is 0 Å². The predicted octanol–water partition coefficient (Wildman–Crippen LogP) is 4.46. The molecule has 17 heavy (non-hydrogen) atoms. The first kappa shape index (κ1) is 12.1. The maximum Gasteiger partial charge on any atom is 0.0708 e. The first-order valence-corrected chi connectivity index (χ1v) is 6.18. The predicted molar refractivity (Wildman–Crippen MR) is 74.7 cm³/mol. The number of aryl methyl sites for hydroxylation is 3. The molecule has 0 unspecified atom stereocenters. The van der Waals surface area contributed by atoms with Crippen LogP contribution in [0, 0.1) is 20.8 Å². The molecule has 1 aromatic carbocycles. The molecule has 1 heteroatoms. The van der Waals surface area contributed by atoms with Crippen LogP contribution in [0.1, 0.15) is 43.2 Å². The van der Waals surface area contributed by atoms with Crippen LogP contribution in [0.3, 0.4) is 0 Å². The molecule has 1 heterocycles. The average molecular weight is 227 g/mol. The molecule has 0 amide bonds. The minimum absolute atomic E-state index is 0.157. The van der Waals surface area contributed by atoms with Gasteiger partial charge in [-0.05, 0) is 61.1 Å². The summed E-state index contributed by atoms with van der Waals surface area (Å²) < 4.78 is 0. The topological polar surface area (TPSA) is 12.9 Å². The molecule has 0 spiro atoms. The Bertz CT molecular complexity index is 574. The first-order valence-electron chi connectivity index (χ1n) is 6.18. The van der Waals surface area contributed by atoms with E-state index in [4.69, 9.17) is 4.98 Å². The van der Waals surface area contributed by atoms with E-state index < -0.39 is 0 Å². The molecule has 0 aliphatic heterocycles. The molecule has 0 atom stereocenters. The summed E-state index contributed by atoms with van der Waals surface area (Å²) in [5.74, 6) is 0. The van der Waals surface area contributed by atoms with Crippen LogP contribution in [0.25, 0.3) is 10.9 Å². The van der Waals surface area contributed by atoms with Crippen LogP contribution in [0.15, 0.2) is 18.2 Å². The Kier molecular flexibility index (Phi) is 2.73. The van der Waals surface area contributed by atoms with E-state index in [0.29, 0.717) is 0 Å². The van der Waals surface area contributed by atoms with Gasteiger partial charge in [-0.2, -0.15) is 0 Å². The summed E-state index contributed by atoms with van der Waals surface area (Å²) >= 11 is 0. The number of hydrogen-bond donors (Lipinski definition) is 0. The summed E-state index contributed by atoms with van der Waals surface area (Å²) in [4.78, 5) is 4.74. The Labute approximate surface area is 104 Å². The van der Waals surface area contributed by atoms with Crippen LogP contribution in [-0.4, -0.2) is 4.98 Å². The number of fused-ring (bicyclic) bond motifs is 1. The highest BCUT2D eigenvalue weighted by Gasteiger charge is 2.17. The Hall–Kier alpha value is -1.37. The number of benzene rings is 1. The SMILES string of the molecule is Cc1cc2cc(C(C)(C)C)c(C)nc2cc1C. The first-order chi connectivity index (χ1) is 7.79. The summed E-state index contributed by atoms with van der Waals surface area (Å²) in [6, 6.07) is 6.72. The molecule has 0 bridgehead atoms. The minimum atomic E-state index is 0.157. The quantitative estimate of drug-likeness (QED) is 0.647. The minimum Gasteiger partial charge on any atom is -0.253 e. The van der Waals surface area contributed by atoms with Gasteiger partial charge in [-0.15, -0.1) is 0 Å². The lowest BCUT2D eigenvalue weighted by Gasteiger charge is -2.21. The van der Waals surface area contributed by atoms with Crippen LogP contribution in [-0.2, 0) is 5.41 Å². The second kappa shape index (κ2) is 3.83. The second-order valence-electron chi connectivity index (χ2n) is 6.00. The van der Waals surface area contributed by atoms with Crippen molar-refractivity contribution in [2.75, 3.05) is 0 Å². The van der Waals surface area contributed by atoms with Gasteiger partial charge in [-0.1, -0.05) is 20.8 Å². The van der Waals surface area contributed by atoms with Crippen molar-refractivity contribution >= 4 is 10.9 Å². The van der Waals surface area contributed by atoms with Crippen molar-refractivity contribution in [2.24, 2.45) is 0 Å². The number of rotatable bonds is 0. The maximum atomic E-state index is 4.74. The van der Waals surface area contributed by atoms with Crippen LogP contribution in [0.2, 0.25) is 0 Å². The molecule has 0 saturated carbocycles. The fourth-order valence-electron chi connectivity index (χ4n) is 2.30. The van der Waals surface area contributed by atoms with E-state index in [2.05, 4.69) is 59.7 Å². The summed E-state index contributed by atoms with van der Waals surface area (Å²) in [6.45, 7) is 13.1. The fourth-order valence-corrected chi connectivity index (χ4v) is 2.30. The van der Waals surface area contributed by atoms with Gasteiger partial charge in [0.2, 0.25) is 0 Å². The lowest BCUT2D eigenvalue weighted by atomic mass is 9.85. The largest absolute Gasteiger partial charge is 0.253 e. The molecule has 0 fully saturated rings. The lowest BCUT2D eigenvalue weighted by molar-refractivity contribution is 0.583. The zero-order chi connectivity index (χ0) is 12.8. The number of pyridine rings is 1. The molecule has 0 aliphatic rings. The molecule has 0 N–H and O–H groups in total. The van der Waals surface area contributed by atoms with Gasteiger partial charge in [0.15, 0.2) is 0 Å². The van der Waals surface area contributed by atoms with Crippen LogP contribution in [0.4, 0.5) is 0 Å². The van der Waals surface area contributed by atoms with E-state index >= 15 is 0 Å². The van der Waals surface area contributed by atoms with E-state index in [1.165, 1.54) is 22.1 Å². The zero-order valence-corrected chi connectivity index (χ0v) is 11.7. The maximum absolute atomic E-state index is 4.74. The molecule has 2 rings (SSSR count). The third kappa shape index (κ3) is 2.19. The summed E-state index contributed by atoms with van der Waals surface area (Å²) in [7, 11) is 0. The Balaban J connectivity index is 2.76. The molecule has 1 aromatic heterocycles. The van der Waals surface area contributed by atoms with Gasteiger partial charge < -0.3 is 0 Å². The number of hydrogen-bond acceptors (Lipinski definition) is 1. The smallest absolute Gasteiger partial charge is 0.0708 e. The third-order valence-electron chi connectivity index (χ3n) is 3.43. The van der Waals surface area contributed by atoms with Crippen molar-refractivity contribution in [3.63, 3.8) is 0 Å². The van der Waals surface area contributed by atoms with Gasteiger partial charge >= 0.3 is 0 Å². The van der Waals surface area contributed by atoms with Gasteiger partial charge in [-0.25, -0.2) is 0 Å². The molecule has 0 saturated heterocycles. The van der Waals surface area contributed by atoms with Crippen molar-refractivity contribution in [1.82, 2.24) is 4.98 Å². The van der Waals surface area contributed by atoms with Crippen LogP contribution >= 0.6 is 0 Å². The highest BCUT2D eigenvalue weighted by molar-refractivity contribution is 5.81. The second-order valence-corrected chi connectivity index (χ2v) is 6.00. The molecule has 90 valence electrons. The average Bonchev–Trinajstić information content (AvgIpc) is 2.18. The van der Waals surface area contributed by atoms with Gasteiger partial charge in [0.1, 0.15) is 0 Å². The fraction of sp³-hybridized carbons (Fsp3) is 0.438. The van der Waals surface area contributed by atoms with Gasteiger partial charge in [-0.3, -0.25) is 4.98 Å². The summed E-state index contributed by atoms with van der Waals surface area (Å²) in [5.41, 5.74) is 6.40. The summed E-state index contributed by atoms with van der Waals surface area (Å²) in [5, 5.41) is 1.25. The Morgan fingerprint density at radius 1 is 0.882 bits per heavy atom. The van der Waals surface area contributed by atoms with Crippen molar-refractivity contribution in [1.29, 1.82) is 0 Å². The number of nitrogens with zero attached hydrogens (tertiary/aromatic N) is 1. The Morgan fingerprint density at radius 3 is 2.06 bits per heavy atom. The van der Waals surface area contributed by atoms with Crippen molar-refractivity contribution in [3.8, 4) is 0 Å². The van der Waals surface area contributed by atoms with Crippen LogP contribution in [0.5, 0.6) is 0 Å². The standard InChI is InChI=1S/C16H21N/c1-10-7-13-9-14(16(4,5)6)12(3)17-15(13)8-11(10)2/h7-9H,1-6H3. The third-order valence-corrected chi connectivity index (χ3v) is 3.43. The van der Waals surface area contributed by atoms with Crippen molar-refractivity contribution in [2.45, 2.75) is 47.0 Å². The molecule has 2 aromatic rings. The lowest BCUT2D eigenvalue weighted by Crippen LogP contribution is -2.14. The highest BCUT2D eigenvalue weighted by Crippen LogP contribution is 2.28. The highest BCUT2D eigenvalue weighted by atomic mass is 14.7. The van der Waals surface area contributed by atoms with Gasteiger partial charge in [0.25, 0.3) is 0 Å². The molecular formula is C16H21N. The van der Waals surface area contributed by atoms with E-state index in [0.717, 1.165) is 11.2 Å². The van der Waals surface area contributed by atoms with E-state index in [9.17, 15) is 0 Å². The molecular weight excluding hydrogens is 206 g/mol. The van der Waals surface area contributed by atoms with Crippen molar-refractivity contribution in [3.05, 3.63) is 40.6 Å². The van der Waals surface area contributed by atoms with E-state index in [-0.39, 0.29) is 5.41 Å². The monoisotopic (exact) mass is 227 g/mol. The van der Waals surface area contributed by atoms with Crippen LogP contribution < -0.4 is 0 Å². The molecule has 0 radical (unpaired) electrons. The van der Waals surface area contributed by atoms with E-state index in [1.54, 1.807) is 0 Å². The molecule has 1 nitrogen and oxygen atoms in total. The normalized spacial score (nSPS) is 12.1. The van der Waals surface area contributed by atoms with Crippen molar-refractivity contribution < 1.29 is 0 Å².